The minimum absolute atomic E-state index is 0.0357. The second-order valence-corrected chi connectivity index (χ2v) is 4.33. The fourth-order valence-corrected chi connectivity index (χ4v) is 1.68. The SMILES string of the molecule is CCCCCCCC/C(=C/CC(=O)OC)C(=O)O. The predicted molar refractivity (Wildman–Crippen MR) is 70.3 cm³/mol. The van der Waals surface area contributed by atoms with E-state index in [0.29, 0.717) is 12.0 Å². The first-order valence-electron chi connectivity index (χ1n) is 6.61. The monoisotopic (exact) mass is 256 g/mol. The third-order valence-electron chi connectivity index (χ3n) is 2.82. The molecule has 18 heavy (non-hydrogen) atoms. The minimum Gasteiger partial charge on any atom is -0.478 e. The largest absolute Gasteiger partial charge is 0.478 e. The average Bonchev–Trinajstić information content (AvgIpc) is 2.36. The maximum Gasteiger partial charge on any atom is 0.331 e. The molecular weight excluding hydrogens is 232 g/mol. The van der Waals surface area contributed by atoms with Gasteiger partial charge in [0.2, 0.25) is 0 Å². The van der Waals surface area contributed by atoms with E-state index in [2.05, 4.69) is 11.7 Å². The van der Waals surface area contributed by atoms with Crippen molar-refractivity contribution in [3.05, 3.63) is 11.6 Å². The van der Waals surface area contributed by atoms with Gasteiger partial charge in [0.25, 0.3) is 0 Å². The lowest BCUT2D eigenvalue weighted by Crippen LogP contribution is -2.04. The van der Waals surface area contributed by atoms with Crippen LogP contribution in [0.3, 0.4) is 0 Å². The van der Waals surface area contributed by atoms with Crippen LogP contribution in [0, 0.1) is 0 Å². The maximum atomic E-state index is 10.9. The van der Waals surface area contributed by atoms with E-state index >= 15 is 0 Å². The van der Waals surface area contributed by atoms with Gasteiger partial charge in [0, 0.05) is 5.57 Å². The van der Waals surface area contributed by atoms with Crippen LogP contribution < -0.4 is 0 Å². The summed E-state index contributed by atoms with van der Waals surface area (Å²) < 4.78 is 4.47. The molecule has 0 spiro atoms. The van der Waals surface area contributed by atoms with Gasteiger partial charge in [-0.15, -0.1) is 0 Å². The number of unbranched alkanes of at least 4 members (excludes halogenated alkanes) is 5. The Morgan fingerprint density at radius 2 is 1.72 bits per heavy atom. The number of carboxylic acid groups (broad SMARTS) is 1. The number of methoxy groups -OCH3 is 1. The molecule has 0 aromatic rings. The number of carboxylic acids is 1. The highest BCUT2D eigenvalue weighted by atomic mass is 16.5. The molecule has 0 radical (unpaired) electrons. The normalized spacial score (nSPS) is 11.3. The van der Waals surface area contributed by atoms with Crippen molar-refractivity contribution in [3.8, 4) is 0 Å². The van der Waals surface area contributed by atoms with Gasteiger partial charge in [-0.3, -0.25) is 4.79 Å². The topological polar surface area (TPSA) is 63.6 Å². The van der Waals surface area contributed by atoms with Crippen LogP contribution in [0.2, 0.25) is 0 Å². The molecule has 0 aromatic heterocycles. The molecule has 0 bridgehead atoms. The van der Waals surface area contributed by atoms with Gasteiger partial charge >= 0.3 is 11.9 Å². The Bertz CT molecular complexity index is 282. The Morgan fingerprint density at radius 3 is 2.28 bits per heavy atom. The molecule has 0 fully saturated rings. The van der Waals surface area contributed by atoms with E-state index in [0.717, 1.165) is 19.3 Å². The van der Waals surface area contributed by atoms with E-state index in [9.17, 15) is 9.59 Å². The number of ether oxygens (including phenoxy) is 1. The summed E-state index contributed by atoms with van der Waals surface area (Å²) in [5.41, 5.74) is 0.316. The van der Waals surface area contributed by atoms with Crippen molar-refractivity contribution in [1.29, 1.82) is 0 Å². The van der Waals surface area contributed by atoms with Gasteiger partial charge in [0.1, 0.15) is 0 Å². The van der Waals surface area contributed by atoms with E-state index in [1.54, 1.807) is 0 Å². The fraction of sp³-hybridized carbons (Fsp3) is 0.714. The van der Waals surface area contributed by atoms with E-state index in [4.69, 9.17) is 5.11 Å². The van der Waals surface area contributed by atoms with Gasteiger partial charge in [-0.2, -0.15) is 0 Å². The van der Waals surface area contributed by atoms with Crippen molar-refractivity contribution in [1.82, 2.24) is 0 Å². The Labute approximate surface area is 109 Å². The van der Waals surface area contributed by atoms with E-state index in [1.165, 1.54) is 32.4 Å². The summed E-state index contributed by atoms with van der Waals surface area (Å²) >= 11 is 0. The van der Waals surface area contributed by atoms with Crippen molar-refractivity contribution < 1.29 is 19.4 Å². The summed E-state index contributed by atoms with van der Waals surface area (Å²) in [5.74, 6) is -1.34. The number of aliphatic carboxylic acids is 1. The number of rotatable bonds is 10. The van der Waals surface area contributed by atoms with Crippen LogP contribution in [-0.2, 0) is 14.3 Å². The first-order chi connectivity index (χ1) is 8.61. The van der Waals surface area contributed by atoms with Crippen molar-refractivity contribution in [2.75, 3.05) is 7.11 Å². The fourth-order valence-electron chi connectivity index (χ4n) is 1.68. The molecule has 0 saturated heterocycles. The highest BCUT2D eigenvalue weighted by Crippen LogP contribution is 2.12. The highest BCUT2D eigenvalue weighted by Gasteiger charge is 2.08. The van der Waals surface area contributed by atoms with Gasteiger partial charge in [0.05, 0.1) is 13.5 Å². The van der Waals surface area contributed by atoms with Crippen LogP contribution in [0.4, 0.5) is 0 Å². The van der Waals surface area contributed by atoms with Crippen LogP contribution in [0.1, 0.15) is 58.3 Å². The van der Waals surface area contributed by atoms with Crippen molar-refractivity contribution in [3.63, 3.8) is 0 Å². The molecule has 1 N–H and O–H groups in total. The molecule has 0 aromatic carbocycles. The second-order valence-electron chi connectivity index (χ2n) is 4.33. The number of carbonyl (C=O) groups is 2. The summed E-state index contributed by atoms with van der Waals surface area (Å²) in [6.07, 6.45) is 8.74. The van der Waals surface area contributed by atoms with Crippen LogP contribution in [0.25, 0.3) is 0 Å². The standard InChI is InChI=1S/C14H24O4/c1-3-4-5-6-7-8-9-12(14(16)17)10-11-13(15)18-2/h10H,3-9,11H2,1-2H3,(H,16,17)/b12-10-. The van der Waals surface area contributed by atoms with Crippen molar-refractivity contribution >= 4 is 11.9 Å². The van der Waals surface area contributed by atoms with E-state index in [1.807, 2.05) is 0 Å². The molecule has 0 aliphatic carbocycles. The minimum atomic E-state index is -0.938. The van der Waals surface area contributed by atoms with Gasteiger partial charge in [-0.25, -0.2) is 4.79 Å². The average molecular weight is 256 g/mol. The Hall–Kier alpha value is -1.32. The highest BCUT2D eigenvalue weighted by molar-refractivity contribution is 5.87. The van der Waals surface area contributed by atoms with Gasteiger partial charge in [0.15, 0.2) is 0 Å². The third-order valence-corrected chi connectivity index (χ3v) is 2.82. The summed E-state index contributed by atoms with van der Waals surface area (Å²) in [4.78, 5) is 21.9. The molecule has 0 rings (SSSR count). The number of hydrogen-bond donors (Lipinski definition) is 1. The lowest BCUT2D eigenvalue weighted by atomic mass is 10.0. The zero-order valence-corrected chi connectivity index (χ0v) is 11.4. The number of carbonyl (C=O) groups excluding carboxylic acids is 1. The molecule has 104 valence electrons. The second kappa shape index (κ2) is 10.8. The summed E-state index contributed by atoms with van der Waals surface area (Å²) in [7, 11) is 1.30. The molecule has 4 heteroatoms. The number of esters is 1. The van der Waals surface area contributed by atoms with Crippen LogP contribution in [0.5, 0.6) is 0 Å². The first-order valence-corrected chi connectivity index (χ1v) is 6.61. The lowest BCUT2D eigenvalue weighted by molar-refractivity contribution is -0.139. The van der Waals surface area contributed by atoms with Crippen molar-refractivity contribution in [2.45, 2.75) is 58.3 Å². The van der Waals surface area contributed by atoms with Crippen LogP contribution in [0.15, 0.2) is 11.6 Å². The van der Waals surface area contributed by atoms with Crippen molar-refractivity contribution in [2.24, 2.45) is 0 Å². The summed E-state index contributed by atoms with van der Waals surface area (Å²) in [6.45, 7) is 2.16. The first kappa shape index (κ1) is 16.7. The molecule has 0 saturated carbocycles. The molecular formula is C14H24O4. The van der Waals surface area contributed by atoms with Crippen LogP contribution in [-0.4, -0.2) is 24.2 Å². The van der Waals surface area contributed by atoms with Gasteiger partial charge in [-0.1, -0.05) is 45.1 Å². The lowest BCUT2D eigenvalue weighted by Gasteiger charge is -2.03. The van der Waals surface area contributed by atoms with E-state index < -0.39 is 11.9 Å². The zero-order valence-electron chi connectivity index (χ0n) is 11.4. The van der Waals surface area contributed by atoms with Gasteiger partial charge in [-0.05, 0) is 12.8 Å². The zero-order chi connectivity index (χ0) is 13.8. The molecule has 0 aliphatic heterocycles. The third kappa shape index (κ3) is 8.79. The Balaban J connectivity index is 3.90. The molecule has 0 heterocycles. The van der Waals surface area contributed by atoms with Gasteiger partial charge < -0.3 is 9.84 Å². The molecule has 4 nitrogen and oxygen atoms in total. The molecule has 0 aliphatic rings. The molecule has 0 amide bonds. The maximum absolute atomic E-state index is 10.9. The smallest absolute Gasteiger partial charge is 0.331 e. The predicted octanol–water partition coefficient (Wildman–Crippen LogP) is 3.31. The molecule has 0 atom stereocenters. The van der Waals surface area contributed by atoms with E-state index in [-0.39, 0.29) is 6.42 Å². The molecule has 0 unspecified atom stereocenters. The van der Waals surface area contributed by atoms with Crippen LogP contribution >= 0.6 is 0 Å². The summed E-state index contributed by atoms with van der Waals surface area (Å²) in [6, 6.07) is 0. The number of hydrogen-bond acceptors (Lipinski definition) is 3. The Kier molecular flexibility index (Phi) is 10.0. The summed E-state index contributed by atoms with van der Waals surface area (Å²) in [5, 5.41) is 8.98. The Morgan fingerprint density at radius 1 is 1.11 bits per heavy atom. The quantitative estimate of drug-likeness (QED) is 0.370.